The summed E-state index contributed by atoms with van der Waals surface area (Å²) in [4.78, 5) is 10.7. The first-order valence-corrected chi connectivity index (χ1v) is 12.6. The fraction of sp³-hybridized carbons (Fsp3) is 0.207. The molecule has 1 aromatic heterocycles. The predicted octanol–water partition coefficient (Wildman–Crippen LogP) is 9.64. The standard InChI is InChI=1S/C29H28Cl2OS/c1-5-24(26-18-27(30)33-29(26)31)28(22-14-12-21(13-15-22)10-8-16-32)25(19(2)3)17-23-11-7-6-9-20(23)4/h6-19H,5H2,1-4H3/b10-8+,25-17+,28-24+. The molecule has 1 heterocycles. The Morgan fingerprint density at radius 2 is 1.76 bits per heavy atom. The predicted molar refractivity (Wildman–Crippen MR) is 147 cm³/mol. The van der Waals surface area contributed by atoms with Crippen LogP contribution in [0, 0.1) is 12.8 Å². The van der Waals surface area contributed by atoms with Crippen LogP contribution in [0.15, 0.2) is 66.2 Å². The van der Waals surface area contributed by atoms with E-state index in [1.807, 2.05) is 24.3 Å². The van der Waals surface area contributed by atoms with Gasteiger partial charge in [0.05, 0.1) is 4.34 Å². The number of hydrogen-bond acceptors (Lipinski definition) is 2. The Morgan fingerprint density at radius 3 is 2.30 bits per heavy atom. The van der Waals surface area contributed by atoms with E-state index in [0.717, 1.165) is 29.4 Å². The number of aryl methyl sites for hydroxylation is 1. The normalized spacial score (nSPS) is 13.0. The fourth-order valence-corrected chi connectivity index (χ4v) is 5.44. The number of hydrogen-bond donors (Lipinski definition) is 0. The zero-order valence-corrected chi connectivity index (χ0v) is 21.7. The van der Waals surface area contributed by atoms with Crippen molar-refractivity contribution in [2.24, 2.45) is 5.92 Å². The van der Waals surface area contributed by atoms with Crippen LogP contribution in [0.3, 0.4) is 0 Å². The van der Waals surface area contributed by atoms with Crippen molar-refractivity contribution in [2.45, 2.75) is 34.1 Å². The van der Waals surface area contributed by atoms with Gasteiger partial charge in [-0.25, -0.2) is 0 Å². The third kappa shape index (κ3) is 6.14. The van der Waals surface area contributed by atoms with Gasteiger partial charge in [-0.1, -0.05) is 105 Å². The molecular weight excluding hydrogens is 467 g/mol. The van der Waals surface area contributed by atoms with Crippen LogP contribution >= 0.6 is 34.5 Å². The molecule has 1 nitrogen and oxygen atoms in total. The second-order valence-corrected chi connectivity index (χ2v) is 10.5. The number of benzene rings is 2. The summed E-state index contributed by atoms with van der Waals surface area (Å²) in [5, 5.41) is 0. The van der Waals surface area contributed by atoms with E-state index < -0.39 is 0 Å². The minimum absolute atomic E-state index is 0.281. The molecule has 0 aliphatic rings. The molecule has 0 N–H and O–H groups in total. The van der Waals surface area contributed by atoms with Crippen LogP contribution in [-0.4, -0.2) is 6.29 Å². The average molecular weight is 496 g/mol. The molecule has 170 valence electrons. The second-order valence-electron chi connectivity index (χ2n) is 8.17. The van der Waals surface area contributed by atoms with Gasteiger partial charge in [0.25, 0.3) is 0 Å². The number of halogens is 2. The highest BCUT2D eigenvalue weighted by molar-refractivity contribution is 7.20. The quantitative estimate of drug-likeness (QED) is 0.173. The Kier molecular flexibility index (Phi) is 8.91. The molecule has 0 spiro atoms. The van der Waals surface area contributed by atoms with E-state index in [-0.39, 0.29) is 5.92 Å². The molecule has 0 saturated carbocycles. The summed E-state index contributed by atoms with van der Waals surface area (Å²) in [6.45, 7) is 8.74. The number of rotatable bonds is 8. The molecule has 0 radical (unpaired) electrons. The molecular formula is C29H28Cl2OS. The van der Waals surface area contributed by atoms with Gasteiger partial charge in [0.2, 0.25) is 0 Å². The molecule has 0 aliphatic heterocycles. The second kappa shape index (κ2) is 11.7. The zero-order valence-electron chi connectivity index (χ0n) is 19.4. The Bertz CT molecular complexity index is 1210. The van der Waals surface area contributed by atoms with E-state index in [2.05, 4.69) is 70.2 Å². The first-order valence-electron chi connectivity index (χ1n) is 11.0. The summed E-state index contributed by atoms with van der Waals surface area (Å²) in [5.74, 6) is 0.281. The molecule has 0 amide bonds. The third-order valence-electron chi connectivity index (χ3n) is 5.61. The molecule has 3 rings (SSSR count). The van der Waals surface area contributed by atoms with Gasteiger partial charge in [-0.3, -0.25) is 4.79 Å². The van der Waals surface area contributed by atoms with Crippen LogP contribution in [0.5, 0.6) is 0 Å². The largest absolute Gasteiger partial charge is 0.299 e. The van der Waals surface area contributed by atoms with Gasteiger partial charge in [0.15, 0.2) is 0 Å². The minimum atomic E-state index is 0.281. The van der Waals surface area contributed by atoms with Gasteiger partial charge in [-0.2, -0.15) is 0 Å². The molecule has 0 atom stereocenters. The molecule has 0 fully saturated rings. The molecule has 0 saturated heterocycles. The lowest BCUT2D eigenvalue weighted by molar-refractivity contribution is -0.104. The number of aldehydes is 1. The number of carbonyl (C=O) groups is 1. The van der Waals surface area contributed by atoms with Gasteiger partial charge < -0.3 is 0 Å². The van der Waals surface area contributed by atoms with Crippen molar-refractivity contribution in [1.82, 2.24) is 0 Å². The highest BCUT2D eigenvalue weighted by Gasteiger charge is 2.20. The fourth-order valence-electron chi connectivity index (χ4n) is 3.92. The highest BCUT2D eigenvalue weighted by Crippen LogP contribution is 2.44. The number of allylic oxidation sites excluding steroid dienone is 4. The molecule has 0 unspecified atom stereocenters. The van der Waals surface area contributed by atoms with E-state index in [1.165, 1.54) is 45.3 Å². The summed E-state index contributed by atoms with van der Waals surface area (Å²) in [6.07, 6.45) is 7.22. The SMILES string of the molecule is CC/C(=C(\C(=C\c1ccccc1C)C(C)C)c1ccc(/C=C/C=O)cc1)c1cc(Cl)sc1Cl. The lowest BCUT2D eigenvalue weighted by Gasteiger charge is -2.22. The Morgan fingerprint density at radius 1 is 1.06 bits per heavy atom. The monoisotopic (exact) mass is 494 g/mol. The van der Waals surface area contributed by atoms with Crippen LogP contribution in [0.2, 0.25) is 8.67 Å². The maximum atomic E-state index is 10.7. The topological polar surface area (TPSA) is 17.1 Å². The Balaban J connectivity index is 2.32. The van der Waals surface area contributed by atoms with Crippen LogP contribution in [0.25, 0.3) is 23.3 Å². The lowest BCUT2D eigenvalue weighted by atomic mass is 9.82. The lowest BCUT2D eigenvalue weighted by Crippen LogP contribution is -2.02. The number of thiophene rings is 1. The Hall–Kier alpha value is -2.39. The van der Waals surface area contributed by atoms with Crippen molar-refractivity contribution in [3.63, 3.8) is 0 Å². The zero-order chi connectivity index (χ0) is 24.0. The highest BCUT2D eigenvalue weighted by atomic mass is 35.5. The summed E-state index contributed by atoms with van der Waals surface area (Å²) in [7, 11) is 0. The van der Waals surface area contributed by atoms with E-state index >= 15 is 0 Å². The summed E-state index contributed by atoms with van der Waals surface area (Å²) in [5.41, 5.74) is 9.12. The molecule has 0 bridgehead atoms. The average Bonchev–Trinajstić information content (AvgIpc) is 3.13. The van der Waals surface area contributed by atoms with Crippen molar-refractivity contribution in [3.05, 3.63) is 103 Å². The minimum Gasteiger partial charge on any atom is -0.299 e. The summed E-state index contributed by atoms with van der Waals surface area (Å²) in [6, 6.07) is 18.7. The van der Waals surface area contributed by atoms with Gasteiger partial charge in [-0.05, 0) is 70.4 Å². The maximum absolute atomic E-state index is 10.7. The van der Waals surface area contributed by atoms with Crippen LogP contribution in [0.4, 0.5) is 0 Å². The molecule has 2 aromatic carbocycles. The first kappa shape index (κ1) is 25.2. The van der Waals surface area contributed by atoms with E-state index in [0.29, 0.717) is 8.67 Å². The van der Waals surface area contributed by atoms with E-state index in [9.17, 15) is 4.79 Å². The molecule has 0 aliphatic carbocycles. The van der Waals surface area contributed by atoms with Gasteiger partial charge in [0.1, 0.15) is 10.6 Å². The van der Waals surface area contributed by atoms with Crippen molar-refractivity contribution >= 4 is 64.1 Å². The maximum Gasteiger partial charge on any atom is 0.142 e. The number of carbonyl (C=O) groups excluding carboxylic acids is 1. The summed E-state index contributed by atoms with van der Waals surface area (Å²) < 4.78 is 1.39. The van der Waals surface area contributed by atoms with E-state index in [1.54, 1.807) is 0 Å². The van der Waals surface area contributed by atoms with Crippen molar-refractivity contribution < 1.29 is 4.79 Å². The van der Waals surface area contributed by atoms with Gasteiger partial charge >= 0.3 is 0 Å². The molecule has 33 heavy (non-hydrogen) atoms. The smallest absolute Gasteiger partial charge is 0.142 e. The first-order chi connectivity index (χ1) is 15.8. The third-order valence-corrected chi connectivity index (χ3v) is 7.10. The Labute approximate surface area is 211 Å². The van der Waals surface area contributed by atoms with Crippen LogP contribution < -0.4 is 0 Å². The molecule has 3 aromatic rings. The van der Waals surface area contributed by atoms with Crippen molar-refractivity contribution in [2.75, 3.05) is 0 Å². The van der Waals surface area contributed by atoms with E-state index in [4.69, 9.17) is 23.2 Å². The van der Waals surface area contributed by atoms with Crippen LogP contribution in [0.1, 0.15) is 55.0 Å². The van der Waals surface area contributed by atoms with Gasteiger partial charge in [0, 0.05) is 5.56 Å². The van der Waals surface area contributed by atoms with Crippen molar-refractivity contribution in [3.8, 4) is 0 Å². The van der Waals surface area contributed by atoms with Crippen molar-refractivity contribution in [1.29, 1.82) is 0 Å². The van der Waals surface area contributed by atoms with Crippen LogP contribution in [-0.2, 0) is 4.79 Å². The summed E-state index contributed by atoms with van der Waals surface area (Å²) >= 11 is 14.4. The molecule has 4 heteroatoms. The van der Waals surface area contributed by atoms with Gasteiger partial charge in [-0.15, -0.1) is 11.3 Å².